The average molecular weight is 210 g/mol. The second-order valence-electron chi connectivity index (χ2n) is 2.83. The van der Waals surface area contributed by atoms with E-state index in [1.54, 1.807) is 29.2 Å². The summed E-state index contributed by atoms with van der Waals surface area (Å²) < 4.78 is 1.17. The van der Waals surface area contributed by atoms with E-state index in [2.05, 4.69) is 12.3 Å². The van der Waals surface area contributed by atoms with E-state index in [0.717, 1.165) is 11.1 Å². The van der Waals surface area contributed by atoms with Crippen molar-refractivity contribution in [1.82, 2.24) is 0 Å². The van der Waals surface area contributed by atoms with Gasteiger partial charge in [0, 0.05) is 20.7 Å². The minimum Gasteiger partial charge on any atom is -0.507 e. The van der Waals surface area contributed by atoms with Gasteiger partial charge in [0.05, 0.1) is 0 Å². The number of rotatable bonds is 2. The predicted molar refractivity (Wildman–Crippen MR) is 60.7 cm³/mol. The number of fused-ring (bicyclic) bond motifs is 1. The van der Waals surface area contributed by atoms with Gasteiger partial charge in [0.2, 0.25) is 0 Å². The number of aromatic hydroxyl groups is 1. The highest BCUT2D eigenvalue weighted by Crippen LogP contribution is 2.33. The zero-order valence-electron chi connectivity index (χ0n) is 7.28. The molecule has 68 valence electrons. The van der Waals surface area contributed by atoms with Gasteiger partial charge in [0.1, 0.15) is 5.75 Å². The number of phenols is 1. The molecule has 0 radical (unpaired) electrons. The molecule has 0 fully saturated rings. The zero-order valence-corrected chi connectivity index (χ0v) is 8.91. The van der Waals surface area contributed by atoms with Crippen molar-refractivity contribution in [3.8, 4) is 5.75 Å². The third-order valence-corrected chi connectivity index (χ3v) is 3.76. The summed E-state index contributed by atoms with van der Waals surface area (Å²) in [5.74, 6) is 1.42. The van der Waals surface area contributed by atoms with Gasteiger partial charge < -0.3 is 5.11 Å². The second-order valence-corrected chi connectivity index (χ2v) is 4.87. The molecule has 1 aromatic heterocycles. The van der Waals surface area contributed by atoms with Crippen molar-refractivity contribution in [2.75, 3.05) is 6.26 Å². The molecule has 0 saturated carbocycles. The summed E-state index contributed by atoms with van der Waals surface area (Å²) >= 11 is 3.56. The Kier molecular flexibility index (Phi) is 2.47. The Morgan fingerprint density at radius 2 is 2.31 bits per heavy atom. The molecule has 0 amide bonds. The first-order valence-electron chi connectivity index (χ1n) is 4.00. The van der Waals surface area contributed by atoms with Crippen LogP contribution in [0.15, 0.2) is 24.3 Å². The summed E-state index contributed by atoms with van der Waals surface area (Å²) in [6.45, 7) is 0. The molecule has 2 rings (SSSR count). The van der Waals surface area contributed by atoms with Gasteiger partial charge in [-0.25, -0.2) is 0 Å². The van der Waals surface area contributed by atoms with Crippen molar-refractivity contribution in [1.29, 1.82) is 0 Å². The Labute approximate surface area is 85.4 Å². The van der Waals surface area contributed by atoms with Crippen LogP contribution in [0.5, 0.6) is 5.75 Å². The summed E-state index contributed by atoms with van der Waals surface area (Å²) in [4.78, 5) is 1.32. The first kappa shape index (κ1) is 8.91. The molecule has 1 aromatic carbocycles. The van der Waals surface area contributed by atoms with Gasteiger partial charge in [0.15, 0.2) is 0 Å². The maximum Gasteiger partial charge on any atom is 0.124 e. The SMILES string of the molecule is CSCc1cc2c(O)cccc2s1. The van der Waals surface area contributed by atoms with Crippen LogP contribution >= 0.6 is 23.1 Å². The van der Waals surface area contributed by atoms with Gasteiger partial charge in [-0.05, 0) is 24.5 Å². The Balaban J connectivity index is 2.55. The number of hydrogen-bond donors (Lipinski definition) is 1. The molecule has 0 aliphatic rings. The molecule has 1 N–H and O–H groups in total. The number of thiophene rings is 1. The number of benzene rings is 1. The van der Waals surface area contributed by atoms with Gasteiger partial charge in [0.25, 0.3) is 0 Å². The lowest BCUT2D eigenvalue weighted by atomic mass is 10.2. The van der Waals surface area contributed by atoms with Gasteiger partial charge >= 0.3 is 0 Å². The van der Waals surface area contributed by atoms with Gasteiger partial charge in [-0.1, -0.05) is 6.07 Å². The molecule has 0 bridgehead atoms. The van der Waals surface area contributed by atoms with Crippen LogP contribution < -0.4 is 0 Å². The molecular weight excluding hydrogens is 200 g/mol. The maximum atomic E-state index is 9.55. The Morgan fingerprint density at radius 1 is 1.46 bits per heavy atom. The third-order valence-electron chi connectivity index (χ3n) is 1.88. The minimum absolute atomic E-state index is 0.390. The summed E-state index contributed by atoms with van der Waals surface area (Å²) in [7, 11) is 0. The molecule has 0 unspecified atom stereocenters. The maximum absolute atomic E-state index is 9.55. The molecule has 0 aliphatic carbocycles. The first-order valence-corrected chi connectivity index (χ1v) is 6.21. The lowest BCUT2D eigenvalue weighted by Crippen LogP contribution is -1.67. The topological polar surface area (TPSA) is 20.2 Å². The molecule has 0 spiro atoms. The lowest BCUT2D eigenvalue weighted by Gasteiger charge is -1.90. The van der Waals surface area contributed by atoms with Crippen molar-refractivity contribution < 1.29 is 5.11 Å². The Morgan fingerprint density at radius 3 is 3.00 bits per heavy atom. The highest BCUT2D eigenvalue weighted by atomic mass is 32.2. The minimum atomic E-state index is 0.390. The monoisotopic (exact) mass is 210 g/mol. The van der Waals surface area contributed by atoms with Crippen molar-refractivity contribution in [3.63, 3.8) is 0 Å². The fourth-order valence-electron chi connectivity index (χ4n) is 1.31. The molecule has 3 heteroatoms. The van der Waals surface area contributed by atoms with Crippen LogP contribution in [-0.2, 0) is 5.75 Å². The van der Waals surface area contributed by atoms with Crippen LogP contribution in [0.3, 0.4) is 0 Å². The van der Waals surface area contributed by atoms with Crippen molar-refractivity contribution >= 4 is 33.2 Å². The molecule has 1 heterocycles. The highest BCUT2D eigenvalue weighted by Gasteiger charge is 2.03. The summed E-state index contributed by atoms with van der Waals surface area (Å²) in [6, 6.07) is 7.74. The summed E-state index contributed by atoms with van der Waals surface area (Å²) in [6.07, 6.45) is 2.09. The normalized spacial score (nSPS) is 10.8. The van der Waals surface area contributed by atoms with Crippen LogP contribution in [0.2, 0.25) is 0 Å². The quantitative estimate of drug-likeness (QED) is 0.819. The van der Waals surface area contributed by atoms with E-state index < -0.39 is 0 Å². The Bertz CT molecular complexity index is 420. The molecule has 0 aliphatic heterocycles. The number of phenolic OH excluding ortho intramolecular Hbond substituents is 1. The molecule has 1 nitrogen and oxygen atoms in total. The number of hydrogen-bond acceptors (Lipinski definition) is 3. The van der Waals surface area contributed by atoms with Crippen LogP contribution in [0.4, 0.5) is 0 Å². The van der Waals surface area contributed by atoms with E-state index >= 15 is 0 Å². The van der Waals surface area contributed by atoms with E-state index in [4.69, 9.17) is 0 Å². The number of thioether (sulfide) groups is 1. The van der Waals surface area contributed by atoms with E-state index in [1.807, 2.05) is 12.1 Å². The zero-order chi connectivity index (χ0) is 9.26. The van der Waals surface area contributed by atoms with Crippen molar-refractivity contribution in [3.05, 3.63) is 29.1 Å². The summed E-state index contributed by atoms with van der Waals surface area (Å²) in [5.41, 5.74) is 0. The molecule has 2 aromatic rings. The average Bonchev–Trinajstić information content (AvgIpc) is 2.49. The van der Waals surface area contributed by atoms with E-state index in [9.17, 15) is 5.11 Å². The fraction of sp³-hybridized carbons (Fsp3) is 0.200. The molecule has 0 atom stereocenters. The van der Waals surface area contributed by atoms with E-state index in [0.29, 0.717) is 5.75 Å². The van der Waals surface area contributed by atoms with Crippen molar-refractivity contribution in [2.45, 2.75) is 5.75 Å². The predicted octanol–water partition coefficient (Wildman–Crippen LogP) is 3.47. The first-order chi connectivity index (χ1) is 6.31. The molecule has 13 heavy (non-hydrogen) atoms. The third kappa shape index (κ3) is 1.67. The lowest BCUT2D eigenvalue weighted by molar-refractivity contribution is 0.482. The molecule has 0 saturated heterocycles. The van der Waals surface area contributed by atoms with Crippen molar-refractivity contribution in [2.24, 2.45) is 0 Å². The van der Waals surface area contributed by atoms with Crippen LogP contribution in [-0.4, -0.2) is 11.4 Å². The second kappa shape index (κ2) is 3.60. The van der Waals surface area contributed by atoms with Crippen LogP contribution in [0.25, 0.3) is 10.1 Å². The van der Waals surface area contributed by atoms with Gasteiger partial charge in [-0.3, -0.25) is 0 Å². The highest BCUT2D eigenvalue weighted by molar-refractivity contribution is 7.97. The smallest absolute Gasteiger partial charge is 0.124 e. The fourth-order valence-corrected chi connectivity index (χ4v) is 3.15. The Hall–Kier alpha value is -0.670. The summed E-state index contributed by atoms with van der Waals surface area (Å²) in [5, 5.41) is 10.5. The van der Waals surface area contributed by atoms with Gasteiger partial charge in [-0.2, -0.15) is 11.8 Å². The largest absolute Gasteiger partial charge is 0.507 e. The van der Waals surface area contributed by atoms with Crippen LogP contribution in [0, 0.1) is 0 Å². The van der Waals surface area contributed by atoms with E-state index in [1.165, 1.54) is 9.58 Å². The van der Waals surface area contributed by atoms with E-state index in [-0.39, 0.29) is 0 Å². The molecular formula is C10H10OS2. The van der Waals surface area contributed by atoms with Crippen LogP contribution in [0.1, 0.15) is 4.88 Å². The standard InChI is InChI=1S/C10H10OS2/c1-12-6-7-5-8-9(11)3-2-4-10(8)13-7/h2-5,11H,6H2,1H3. The van der Waals surface area contributed by atoms with Gasteiger partial charge in [-0.15, -0.1) is 11.3 Å².